The molecule has 1 N–H and O–H groups in total. The summed E-state index contributed by atoms with van der Waals surface area (Å²) in [5, 5.41) is 9.21. The minimum atomic E-state index is -0.0102. The van der Waals surface area contributed by atoms with Gasteiger partial charge >= 0.3 is 0 Å². The van der Waals surface area contributed by atoms with Crippen LogP contribution >= 0.6 is 0 Å². The fraction of sp³-hybridized carbons (Fsp3) is 0.467. The van der Waals surface area contributed by atoms with Gasteiger partial charge < -0.3 is 9.84 Å². The summed E-state index contributed by atoms with van der Waals surface area (Å²) in [6.07, 6.45) is 0. The minimum Gasteiger partial charge on any atom is -0.480 e. The van der Waals surface area contributed by atoms with Crippen molar-refractivity contribution in [2.24, 2.45) is 5.41 Å². The summed E-state index contributed by atoms with van der Waals surface area (Å²) >= 11 is 0. The van der Waals surface area contributed by atoms with Gasteiger partial charge in [-0.2, -0.15) is 0 Å². The van der Waals surface area contributed by atoms with Crippen LogP contribution in [0.1, 0.15) is 31.9 Å². The number of aryl methyl sites for hydroxylation is 1. The normalized spacial score (nSPS) is 10.6. The second-order valence-electron chi connectivity index (χ2n) is 5.06. The zero-order valence-electron chi connectivity index (χ0n) is 11.0. The average molecular weight is 232 g/mol. The third kappa shape index (κ3) is 4.50. The highest BCUT2D eigenvalue weighted by molar-refractivity contribution is 5.40. The van der Waals surface area contributed by atoms with Crippen molar-refractivity contribution in [3.8, 4) is 17.6 Å². The first-order valence-corrected chi connectivity index (χ1v) is 5.76. The van der Waals surface area contributed by atoms with Crippen molar-refractivity contribution in [3.05, 3.63) is 29.3 Å². The fourth-order valence-corrected chi connectivity index (χ4v) is 1.45. The van der Waals surface area contributed by atoms with E-state index < -0.39 is 0 Å². The molecule has 17 heavy (non-hydrogen) atoms. The van der Waals surface area contributed by atoms with Crippen LogP contribution in [0.4, 0.5) is 0 Å². The highest BCUT2D eigenvalue weighted by Gasteiger charge is 2.06. The summed E-state index contributed by atoms with van der Waals surface area (Å²) in [7, 11) is 0. The molecule has 0 spiro atoms. The molecule has 0 unspecified atom stereocenters. The lowest BCUT2D eigenvalue weighted by atomic mass is 9.98. The summed E-state index contributed by atoms with van der Waals surface area (Å²) in [6.45, 7) is 8.50. The predicted molar refractivity (Wildman–Crippen MR) is 69.8 cm³/mol. The summed E-state index contributed by atoms with van der Waals surface area (Å²) < 4.78 is 5.62. The van der Waals surface area contributed by atoms with Gasteiger partial charge in [0.25, 0.3) is 0 Å². The molecule has 0 fully saturated rings. The maximum absolute atomic E-state index is 9.21. The zero-order valence-corrected chi connectivity index (χ0v) is 11.0. The number of ether oxygens (including phenoxy) is 1. The Kier molecular flexibility index (Phi) is 4.60. The first-order valence-electron chi connectivity index (χ1n) is 5.76. The molecule has 0 aliphatic rings. The van der Waals surface area contributed by atoms with E-state index in [0.717, 1.165) is 16.9 Å². The van der Waals surface area contributed by atoms with E-state index in [0.29, 0.717) is 6.61 Å². The molecule has 0 heterocycles. The highest BCUT2D eigenvalue weighted by Crippen LogP contribution is 2.23. The first-order chi connectivity index (χ1) is 7.94. The van der Waals surface area contributed by atoms with E-state index in [9.17, 15) is 5.11 Å². The Bertz CT molecular complexity index is 430. The molecule has 0 saturated carbocycles. The third-order valence-electron chi connectivity index (χ3n) is 2.22. The molecule has 0 aliphatic heterocycles. The molecule has 1 aromatic carbocycles. The second kappa shape index (κ2) is 5.75. The van der Waals surface area contributed by atoms with Gasteiger partial charge in [-0.15, -0.1) is 0 Å². The first kappa shape index (κ1) is 13.6. The molecule has 1 aromatic rings. The van der Waals surface area contributed by atoms with Gasteiger partial charge in [-0.3, -0.25) is 0 Å². The number of rotatable bonds is 3. The van der Waals surface area contributed by atoms with Gasteiger partial charge in [-0.1, -0.05) is 30.0 Å². The molecule has 92 valence electrons. The lowest BCUT2D eigenvalue weighted by Crippen LogP contribution is -2.03. The summed E-state index contributed by atoms with van der Waals surface area (Å²) in [4.78, 5) is 0. The number of aliphatic hydroxyl groups excluding tert-OH is 1. The van der Waals surface area contributed by atoms with E-state index in [1.807, 2.05) is 25.1 Å². The Balaban J connectivity index is 2.72. The number of para-hydroxylation sites is 1. The minimum absolute atomic E-state index is 0.00506. The Morgan fingerprint density at radius 3 is 2.59 bits per heavy atom. The van der Waals surface area contributed by atoms with Crippen molar-refractivity contribution in [1.29, 1.82) is 0 Å². The molecular formula is C15H20O2. The molecule has 0 saturated heterocycles. The van der Waals surface area contributed by atoms with Crippen molar-refractivity contribution >= 4 is 0 Å². The number of benzene rings is 1. The molecule has 2 nitrogen and oxygen atoms in total. The summed E-state index contributed by atoms with van der Waals surface area (Å²) in [6, 6.07) is 5.74. The molecule has 0 amide bonds. The van der Waals surface area contributed by atoms with E-state index in [1.54, 1.807) is 0 Å². The number of hydrogen-bond acceptors (Lipinski definition) is 2. The molecule has 0 aromatic heterocycles. The smallest absolute Gasteiger partial charge is 0.149 e. The molecule has 1 rings (SSSR count). The van der Waals surface area contributed by atoms with E-state index in [4.69, 9.17) is 4.74 Å². The van der Waals surface area contributed by atoms with Crippen LogP contribution in [0.3, 0.4) is 0 Å². The van der Waals surface area contributed by atoms with Crippen molar-refractivity contribution in [2.45, 2.75) is 34.3 Å². The Morgan fingerprint density at radius 2 is 2.00 bits per heavy atom. The van der Waals surface area contributed by atoms with E-state index in [2.05, 4.69) is 32.6 Å². The number of hydrogen-bond donors (Lipinski definition) is 1. The lowest BCUT2D eigenvalue weighted by Gasteiger charge is -2.11. The SMILES string of the molecule is Cc1cccc(CO)c1OCC#CC(C)(C)C. The quantitative estimate of drug-likeness (QED) is 0.812. The molecular weight excluding hydrogens is 212 g/mol. The van der Waals surface area contributed by atoms with Crippen LogP contribution in [0.5, 0.6) is 5.75 Å². The molecule has 2 heteroatoms. The second-order valence-corrected chi connectivity index (χ2v) is 5.06. The van der Waals surface area contributed by atoms with Crippen molar-refractivity contribution in [2.75, 3.05) is 6.61 Å². The molecule has 0 radical (unpaired) electrons. The van der Waals surface area contributed by atoms with E-state index >= 15 is 0 Å². The topological polar surface area (TPSA) is 29.5 Å². The average Bonchev–Trinajstić information content (AvgIpc) is 2.24. The molecule has 0 aliphatic carbocycles. The predicted octanol–water partition coefficient (Wildman–Crippen LogP) is 2.92. The third-order valence-corrected chi connectivity index (χ3v) is 2.22. The van der Waals surface area contributed by atoms with Crippen LogP contribution < -0.4 is 4.74 Å². The van der Waals surface area contributed by atoms with Crippen LogP contribution in [0.15, 0.2) is 18.2 Å². The highest BCUT2D eigenvalue weighted by atomic mass is 16.5. The summed E-state index contributed by atoms with van der Waals surface area (Å²) in [5.74, 6) is 6.86. The van der Waals surface area contributed by atoms with Gasteiger partial charge in [-0.05, 0) is 33.3 Å². The Labute approximate surface area is 104 Å². The Morgan fingerprint density at radius 1 is 1.29 bits per heavy atom. The zero-order chi connectivity index (χ0) is 12.9. The molecule has 0 atom stereocenters. The maximum Gasteiger partial charge on any atom is 0.149 e. The maximum atomic E-state index is 9.21. The summed E-state index contributed by atoms with van der Waals surface area (Å²) in [5.41, 5.74) is 1.83. The van der Waals surface area contributed by atoms with Crippen molar-refractivity contribution in [3.63, 3.8) is 0 Å². The van der Waals surface area contributed by atoms with Crippen molar-refractivity contribution in [1.82, 2.24) is 0 Å². The van der Waals surface area contributed by atoms with Crippen molar-refractivity contribution < 1.29 is 9.84 Å². The van der Waals surface area contributed by atoms with E-state index in [-0.39, 0.29) is 12.0 Å². The van der Waals surface area contributed by atoms with Gasteiger partial charge in [0, 0.05) is 11.0 Å². The largest absolute Gasteiger partial charge is 0.480 e. The lowest BCUT2D eigenvalue weighted by molar-refractivity contribution is 0.270. The van der Waals surface area contributed by atoms with Crippen LogP contribution in [0, 0.1) is 24.2 Å². The van der Waals surface area contributed by atoms with Crippen LogP contribution in [-0.4, -0.2) is 11.7 Å². The van der Waals surface area contributed by atoms with Gasteiger partial charge in [0.15, 0.2) is 0 Å². The van der Waals surface area contributed by atoms with E-state index in [1.165, 1.54) is 0 Å². The van der Waals surface area contributed by atoms with Crippen LogP contribution in [0.2, 0.25) is 0 Å². The standard InChI is InChI=1S/C15H20O2/c1-12-7-5-8-13(11-16)14(12)17-10-6-9-15(2,3)4/h5,7-8,16H,10-11H2,1-4H3. The van der Waals surface area contributed by atoms with Gasteiger partial charge in [0.2, 0.25) is 0 Å². The Hall–Kier alpha value is -1.46. The fourth-order valence-electron chi connectivity index (χ4n) is 1.45. The van der Waals surface area contributed by atoms with Gasteiger partial charge in [-0.25, -0.2) is 0 Å². The van der Waals surface area contributed by atoms with Crippen LogP contribution in [0.25, 0.3) is 0 Å². The van der Waals surface area contributed by atoms with Gasteiger partial charge in [0.05, 0.1) is 6.61 Å². The monoisotopic (exact) mass is 232 g/mol. The number of aliphatic hydroxyl groups is 1. The molecule has 0 bridgehead atoms. The van der Waals surface area contributed by atoms with Gasteiger partial charge in [0.1, 0.15) is 12.4 Å². The van der Waals surface area contributed by atoms with Crippen LogP contribution in [-0.2, 0) is 6.61 Å².